The van der Waals surface area contributed by atoms with Gasteiger partial charge in [0.15, 0.2) is 15.0 Å². The number of benzene rings is 1. The normalized spacial score (nSPS) is 22.4. The van der Waals surface area contributed by atoms with E-state index in [1.165, 1.54) is 16.2 Å². The first kappa shape index (κ1) is 24.8. The molecule has 0 bridgehead atoms. The Labute approximate surface area is 204 Å². The highest BCUT2D eigenvalue weighted by Crippen LogP contribution is 2.44. The van der Waals surface area contributed by atoms with E-state index in [4.69, 9.17) is 10.7 Å². The minimum absolute atomic E-state index is 0.0198. The van der Waals surface area contributed by atoms with Gasteiger partial charge in [-0.05, 0) is 42.4 Å². The molecule has 2 heterocycles. The van der Waals surface area contributed by atoms with E-state index >= 15 is 0 Å². The maximum Gasteiger partial charge on any atom is 0.230 e. The highest BCUT2D eigenvalue weighted by molar-refractivity contribution is 7.91. The van der Waals surface area contributed by atoms with E-state index in [-0.39, 0.29) is 40.8 Å². The van der Waals surface area contributed by atoms with Crippen molar-refractivity contribution in [2.24, 2.45) is 23.5 Å². The number of hydrogen-bond acceptors (Lipinski definition) is 7. The molecule has 3 N–H and O–H groups in total. The Morgan fingerprint density at radius 2 is 1.91 bits per heavy atom. The number of carbonyl (C=O) groups excluding carboxylic acids is 2. The molecule has 0 radical (unpaired) electrons. The van der Waals surface area contributed by atoms with Crippen LogP contribution in [0.25, 0.3) is 0 Å². The van der Waals surface area contributed by atoms with E-state index in [0.29, 0.717) is 17.0 Å². The second-order valence-electron chi connectivity index (χ2n) is 9.65. The molecule has 1 aromatic carbocycles. The third-order valence-electron chi connectivity index (χ3n) is 6.78. The van der Waals surface area contributed by atoms with Crippen molar-refractivity contribution in [3.63, 3.8) is 0 Å². The lowest BCUT2D eigenvalue weighted by atomic mass is 9.74. The molecule has 0 spiro atoms. The topological polar surface area (TPSA) is 122 Å². The average molecular weight is 505 g/mol. The monoisotopic (exact) mass is 504 g/mol. The molecular weight excluding hydrogens is 472 g/mol. The number of nitrogens with one attached hydrogen (secondary N) is 1. The smallest absolute Gasteiger partial charge is 0.230 e. The van der Waals surface area contributed by atoms with Crippen LogP contribution in [0.2, 0.25) is 0 Å². The summed E-state index contributed by atoms with van der Waals surface area (Å²) in [4.78, 5) is 32.6. The van der Waals surface area contributed by atoms with Crippen molar-refractivity contribution in [3.8, 4) is 0 Å². The van der Waals surface area contributed by atoms with Crippen LogP contribution in [0.3, 0.4) is 0 Å². The number of primary amides is 1. The summed E-state index contributed by atoms with van der Waals surface area (Å²) >= 11 is 1.51. The third kappa shape index (κ3) is 5.18. The molecule has 0 unspecified atom stereocenters. The summed E-state index contributed by atoms with van der Waals surface area (Å²) < 4.78 is 23.9. The number of amides is 2. The van der Waals surface area contributed by atoms with Gasteiger partial charge in [0.2, 0.25) is 11.8 Å². The first-order valence-corrected chi connectivity index (χ1v) is 14.2. The summed E-state index contributed by atoms with van der Waals surface area (Å²) in [5, 5.41) is 3.51. The zero-order valence-electron chi connectivity index (χ0n) is 19.8. The van der Waals surface area contributed by atoms with Crippen LogP contribution in [0.4, 0.5) is 5.13 Å². The molecule has 2 amide bonds. The molecule has 1 atom stereocenters. The predicted molar refractivity (Wildman–Crippen MR) is 132 cm³/mol. The number of aromatic nitrogens is 1. The van der Waals surface area contributed by atoms with Gasteiger partial charge in [-0.2, -0.15) is 0 Å². The fourth-order valence-corrected chi connectivity index (χ4v) is 6.84. The van der Waals surface area contributed by atoms with Gasteiger partial charge < -0.3 is 11.1 Å². The maximum absolute atomic E-state index is 12.6. The quantitative estimate of drug-likeness (QED) is 0.541. The standard InChI is InChI=1S/C24H32N4O4S2/c1-4-34(31,32)18-7-5-15(6-8-18)11-20(29)26-24-27-21-19(33-24)13-28(22(21)14(2)3)12-16-9-17(10-16)23(25)30/h5-8,14,16-17,22H,4,9-13H2,1-3H3,(H2,25,30)(H,26,27,29)/t16?,17?,22-/m0/s1. The zero-order valence-corrected chi connectivity index (χ0v) is 21.4. The Morgan fingerprint density at radius 3 is 2.50 bits per heavy atom. The number of thiazole rings is 1. The van der Waals surface area contributed by atoms with Crippen molar-refractivity contribution >= 4 is 38.1 Å². The third-order valence-corrected chi connectivity index (χ3v) is 9.51. The lowest BCUT2D eigenvalue weighted by Crippen LogP contribution is -2.41. The molecule has 10 heteroatoms. The summed E-state index contributed by atoms with van der Waals surface area (Å²) in [5.41, 5.74) is 7.20. The van der Waals surface area contributed by atoms with Crippen LogP contribution in [0.15, 0.2) is 29.2 Å². The first-order valence-electron chi connectivity index (χ1n) is 11.7. The molecule has 0 saturated heterocycles. The van der Waals surface area contributed by atoms with Gasteiger partial charge in [0.25, 0.3) is 0 Å². The summed E-state index contributed by atoms with van der Waals surface area (Å²) in [5.74, 6) is 0.559. The number of carbonyl (C=O) groups is 2. The Kier molecular flexibility index (Phi) is 7.12. The summed E-state index contributed by atoms with van der Waals surface area (Å²) in [6.45, 7) is 7.70. The van der Waals surface area contributed by atoms with Gasteiger partial charge in [0, 0.05) is 23.9 Å². The SMILES string of the molecule is CCS(=O)(=O)c1ccc(CC(=O)Nc2nc3c(s2)CN(CC2CC(C(N)=O)C2)[C@H]3C(C)C)cc1. The average Bonchev–Trinajstić information content (AvgIpc) is 3.26. The first-order chi connectivity index (χ1) is 16.1. The predicted octanol–water partition coefficient (Wildman–Crippen LogP) is 3.14. The molecule has 34 heavy (non-hydrogen) atoms. The van der Waals surface area contributed by atoms with E-state index < -0.39 is 9.84 Å². The molecule has 1 aromatic heterocycles. The van der Waals surface area contributed by atoms with Crippen molar-refractivity contribution < 1.29 is 18.0 Å². The van der Waals surface area contributed by atoms with Crippen LogP contribution in [0.1, 0.15) is 55.8 Å². The Bertz CT molecular complexity index is 1170. The number of rotatable bonds is 9. The van der Waals surface area contributed by atoms with Crippen molar-refractivity contribution in [2.75, 3.05) is 17.6 Å². The molecule has 1 aliphatic carbocycles. The van der Waals surface area contributed by atoms with Gasteiger partial charge >= 0.3 is 0 Å². The Morgan fingerprint density at radius 1 is 1.24 bits per heavy atom. The fourth-order valence-electron chi connectivity index (χ4n) is 4.91. The molecule has 1 fully saturated rings. The number of fused-ring (bicyclic) bond motifs is 1. The number of hydrogen-bond donors (Lipinski definition) is 2. The van der Waals surface area contributed by atoms with Crippen LogP contribution in [0, 0.1) is 17.8 Å². The highest BCUT2D eigenvalue weighted by Gasteiger charge is 2.40. The highest BCUT2D eigenvalue weighted by atomic mass is 32.2. The van der Waals surface area contributed by atoms with Crippen LogP contribution >= 0.6 is 11.3 Å². The summed E-state index contributed by atoms with van der Waals surface area (Å²) in [7, 11) is -3.25. The second-order valence-corrected chi connectivity index (χ2v) is 13.0. The Hall–Kier alpha value is -2.30. The number of nitrogens with zero attached hydrogens (tertiary/aromatic N) is 2. The maximum atomic E-state index is 12.6. The van der Waals surface area contributed by atoms with Gasteiger partial charge in [-0.1, -0.05) is 32.9 Å². The molecule has 1 aliphatic heterocycles. The molecule has 2 aromatic rings. The van der Waals surface area contributed by atoms with Crippen molar-refractivity contribution in [3.05, 3.63) is 40.4 Å². The molecule has 2 aliphatic rings. The van der Waals surface area contributed by atoms with E-state index in [1.54, 1.807) is 31.2 Å². The summed E-state index contributed by atoms with van der Waals surface area (Å²) in [6, 6.07) is 6.65. The van der Waals surface area contributed by atoms with Crippen LogP contribution in [-0.2, 0) is 32.4 Å². The van der Waals surface area contributed by atoms with E-state index in [0.717, 1.165) is 37.2 Å². The number of sulfone groups is 1. The number of nitrogens with two attached hydrogens (primary N) is 1. The van der Waals surface area contributed by atoms with Crippen molar-refractivity contribution in [1.29, 1.82) is 0 Å². The van der Waals surface area contributed by atoms with Crippen molar-refractivity contribution in [2.45, 2.75) is 57.5 Å². The summed E-state index contributed by atoms with van der Waals surface area (Å²) in [6.07, 6.45) is 1.88. The minimum atomic E-state index is -3.25. The van der Waals surface area contributed by atoms with Gasteiger partial charge in [0.1, 0.15) is 0 Å². The van der Waals surface area contributed by atoms with E-state index in [1.807, 2.05) is 0 Å². The van der Waals surface area contributed by atoms with E-state index in [2.05, 4.69) is 24.1 Å². The zero-order chi connectivity index (χ0) is 24.6. The van der Waals surface area contributed by atoms with Gasteiger partial charge in [-0.3, -0.25) is 14.5 Å². The molecule has 184 valence electrons. The van der Waals surface area contributed by atoms with E-state index in [9.17, 15) is 18.0 Å². The lowest BCUT2D eigenvalue weighted by molar-refractivity contribution is -0.126. The van der Waals surface area contributed by atoms with Crippen LogP contribution in [0.5, 0.6) is 0 Å². The fraction of sp³-hybridized carbons (Fsp3) is 0.542. The molecule has 8 nitrogen and oxygen atoms in total. The largest absolute Gasteiger partial charge is 0.369 e. The van der Waals surface area contributed by atoms with Gasteiger partial charge in [-0.15, -0.1) is 11.3 Å². The second kappa shape index (κ2) is 9.75. The van der Waals surface area contributed by atoms with Crippen LogP contribution < -0.4 is 11.1 Å². The minimum Gasteiger partial charge on any atom is -0.369 e. The van der Waals surface area contributed by atoms with Crippen molar-refractivity contribution in [1.82, 2.24) is 9.88 Å². The lowest BCUT2D eigenvalue weighted by Gasteiger charge is -2.38. The van der Waals surface area contributed by atoms with Crippen LogP contribution in [-0.4, -0.2) is 42.4 Å². The molecule has 1 saturated carbocycles. The van der Waals surface area contributed by atoms with Gasteiger partial charge in [-0.25, -0.2) is 13.4 Å². The molecular formula is C24H32N4O4S2. The Balaban J connectivity index is 1.36. The van der Waals surface area contributed by atoms with Gasteiger partial charge in [0.05, 0.1) is 28.8 Å². The number of anilines is 1. The molecule has 4 rings (SSSR count).